The molecule has 0 spiro atoms. The maximum atomic E-state index is 12.6. The first-order chi connectivity index (χ1) is 12.1. The minimum Gasteiger partial charge on any atom is -0.381 e. The van der Waals surface area contributed by atoms with Crippen molar-refractivity contribution in [3.63, 3.8) is 0 Å². The highest BCUT2D eigenvalue weighted by Crippen LogP contribution is 2.32. The number of carbonyl (C=O) groups is 2. The van der Waals surface area contributed by atoms with E-state index in [1.165, 1.54) is 0 Å². The number of rotatable bonds is 7. The SMILES string of the molecule is Cc1cccc(CC(=O)NCCN(C(=O)C2CC2)C2CCOCC2)c1. The van der Waals surface area contributed by atoms with Crippen LogP contribution in [0.2, 0.25) is 0 Å². The van der Waals surface area contributed by atoms with Crippen molar-refractivity contribution in [1.82, 2.24) is 10.2 Å². The first-order valence-electron chi connectivity index (χ1n) is 9.34. The van der Waals surface area contributed by atoms with Crippen LogP contribution in [0.25, 0.3) is 0 Å². The molecule has 1 N–H and O–H groups in total. The zero-order chi connectivity index (χ0) is 17.6. The molecule has 1 aliphatic carbocycles. The van der Waals surface area contributed by atoms with Crippen LogP contribution in [0.3, 0.4) is 0 Å². The van der Waals surface area contributed by atoms with Crippen molar-refractivity contribution in [3.8, 4) is 0 Å². The summed E-state index contributed by atoms with van der Waals surface area (Å²) in [5.41, 5.74) is 2.18. The fraction of sp³-hybridized carbons (Fsp3) is 0.600. The van der Waals surface area contributed by atoms with Crippen molar-refractivity contribution in [3.05, 3.63) is 35.4 Å². The van der Waals surface area contributed by atoms with E-state index < -0.39 is 0 Å². The summed E-state index contributed by atoms with van der Waals surface area (Å²) in [6.07, 6.45) is 4.21. The van der Waals surface area contributed by atoms with Gasteiger partial charge in [0.05, 0.1) is 6.42 Å². The molecule has 2 aliphatic rings. The van der Waals surface area contributed by atoms with E-state index in [2.05, 4.69) is 5.32 Å². The third kappa shape index (κ3) is 5.30. The molecule has 136 valence electrons. The Kier molecular flexibility index (Phi) is 6.08. The van der Waals surface area contributed by atoms with Crippen molar-refractivity contribution >= 4 is 11.8 Å². The molecular weight excluding hydrogens is 316 g/mol. The van der Waals surface area contributed by atoms with E-state index in [0.29, 0.717) is 19.5 Å². The van der Waals surface area contributed by atoms with Crippen molar-refractivity contribution in [2.75, 3.05) is 26.3 Å². The molecule has 0 radical (unpaired) electrons. The molecule has 3 rings (SSSR count). The molecule has 0 unspecified atom stereocenters. The normalized spacial score (nSPS) is 18.0. The molecule has 1 heterocycles. The van der Waals surface area contributed by atoms with Gasteiger partial charge in [-0.2, -0.15) is 0 Å². The van der Waals surface area contributed by atoms with E-state index in [4.69, 9.17) is 4.74 Å². The second-order valence-corrected chi connectivity index (χ2v) is 7.17. The summed E-state index contributed by atoms with van der Waals surface area (Å²) in [5.74, 6) is 0.488. The fourth-order valence-electron chi connectivity index (χ4n) is 3.42. The van der Waals surface area contributed by atoms with Crippen LogP contribution < -0.4 is 5.32 Å². The second-order valence-electron chi connectivity index (χ2n) is 7.17. The highest BCUT2D eigenvalue weighted by molar-refractivity contribution is 5.81. The van der Waals surface area contributed by atoms with Gasteiger partial charge in [-0.05, 0) is 38.2 Å². The average molecular weight is 344 g/mol. The average Bonchev–Trinajstić information content (AvgIpc) is 3.44. The van der Waals surface area contributed by atoms with Crippen LogP contribution in [0.4, 0.5) is 0 Å². The van der Waals surface area contributed by atoms with Crippen LogP contribution in [0.5, 0.6) is 0 Å². The van der Waals surface area contributed by atoms with E-state index in [0.717, 1.165) is 50.0 Å². The zero-order valence-corrected chi connectivity index (χ0v) is 15.0. The highest BCUT2D eigenvalue weighted by Gasteiger charge is 2.36. The Hall–Kier alpha value is -1.88. The molecule has 5 heteroatoms. The molecule has 0 bridgehead atoms. The molecule has 2 amide bonds. The van der Waals surface area contributed by atoms with Crippen molar-refractivity contribution < 1.29 is 14.3 Å². The fourth-order valence-corrected chi connectivity index (χ4v) is 3.42. The smallest absolute Gasteiger partial charge is 0.225 e. The van der Waals surface area contributed by atoms with E-state index in [9.17, 15) is 9.59 Å². The van der Waals surface area contributed by atoms with E-state index >= 15 is 0 Å². The Morgan fingerprint density at radius 2 is 1.96 bits per heavy atom. The van der Waals surface area contributed by atoms with Crippen molar-refractivity contribution in [1.29, 1.82) is 0 Å². The molecule has 2 fully saturated rings. The molecule has 1 saturated heterocycles. The Balaban J connectivity index is 1.48. The predicted octanol–water partition coefficient (Wildman–Crippen LogP) is 2.07. The lowest BCUT2D eigenvalue weighted by Crippen LogP contribution is -2.47. The van der Waals surface area contributed by atoms with Gasteiger partial charge in [-0.3, -0.25) is 9.59 Å². The summed E-state index contributed by atoms with van der Waals surface area (Å²) < 4.78 is 5.42. The molecule has 1 aliphatic heterocycles. The highest BCUT2D eigenvalue weighted by atomic mass is 16.5. The molecule has 1 aromatic rings. The number of ether oxygens (including phenoxy) is 1. The van der Waals surface area contributed by atoms with Crippen molar-refractivity contribution in [2.24, 2.45) is 5.92 Å². The quantitative estimate of drug-likeness (QED) is 0.824. The summed E-state index contributed by atoms with van der Waals surface area (Å²) in [6.45, 7) is 4.58. The maximum Gasteiger partial charge on any atom is 0.225 e. The minimum absolute atomic E-state index is 0.0106. The third-order valence-corrected chi connectivity index (χ3v) is 4.96. The van der Waals surface area contributed by atoms with Crippen LogP contribution >= 0.6 is 0 Å². The van der Waals surface area contributed by atoms with Gasteiger partial charge in [-0.1, -0.05) is 29.8 Å². The Morgan fingerprint density at radius 3 is 2.64 bits per heavy atom. The van der Waals surface area contributed by atoms with Gasteiger partial charge in [0.1, 0.15) is 0 Å². The molecule has 25 heavy (non-hydrogen) atoms. The first-order valence-corrected chi connectivity index (χ1v) is 9.34. The predicted molar refractivity (Wildman–Crippen MR) is 96.2 cm³/mol. The van der Waals surface area contributed by atoms with Crippen molar-refractivity contribution in [2.45, 2.75) is 45.1 Å². The lowest BCUT2D eigenvalue weighted by atomic mass is 10.1. The van der Waals surface area contributed by atoms with Gasteiger partial charge in [0, 0.05) is 38.3 Å². The Morgan fingerprint density at radius 1 is 1.20 bits per heavy atom. The van der Waals surface area contributed by atoms with Crippen LogP contribution in [-0.2, 0) is 20.7 Å². The van der Waals surface area contributed by atoms with Gasteiger partial charge in [0.25, 0.3) is 0 Å². The van der Waals surface area contributed by atoms with Crippen LogP contribution in [0.1, 0.15) is 36.8 Å². The lowest BCUT2D eigenvalue weighted by Gasteiger charge is -2.34. The molecule has 1 saturated carbocycles. The number of amides is 2. The molecular formula is C20H28N2O3. The Bertz CT molecular complexity index is 607. The van der Waals surface area contributed by atoms with Gasteiger partial charge in [0.15, 0.2) is 0 Å². The van der Waals surface area contributed by atoms with Gasteiger partial charge in [-0.25, -0.2) is 0 Å². The second kappa shape index (κ2) is 8.48. The van der Waals surface area contributed by atoms with E-state index in [1.807, 2.05) is 36.1 Å². The van der Waals surface area contributed by atoms with Crippen LogP contribution in [-0.4, -0.2) is 49.1 Å². The molecule has 0 atom stereocenters. The molecule has 0 aromatic heterocycles. The van der Waals surface area contributed by atoms with Crippen LogP contribution in [0, 0.1) is 12.8 Å². The van der Waals surface area contributed by atoms with Crippen LogP contribution in [0.15, 0.2) is 24.3 Å². The van der Waals surface area contributed by atoms with Gasteiger partial charge < -0.3 is 15.0 Å². The summed E-state index contributed by atoms with van der Waals surface area (Å²) in [4.78, 5) is 26.7. The summed E-state index contributed by atoms with van der Waals surface area (Å²) in [5, 5.41) is 2.97. The van der Waals surface area contributed by atoms with E-state index in [1.54, 1.807) is 0 Å². The molecule has 5 nitrogen and oxygen atoms in total. The summed E-state index contributed by atoms with van der Waals surface area (Å²) >= 11 is 0. The monoisotopic (exact) mass is 344 g/mol. The largest absolute Gasteiger partial charge is 0.381 e. The van der Waals surface area contributed by atoms with Gasteiger partial charge >= 0.3 is 0 Å². The number of nitrogens with one attached hydrogen (secondary N) is 1. The summed E-state index contributed by atoms with van der Waals surface area (Å²) in [6, 6.07) is 8.26. The number of nitrogens with zero attached hydrogens (tertiary/aromatic N) is 1. The zero-order valence-electron chi connectivity index (χ0n) is 15.0. The number of benzene rings is 1. The standard InChI is InChI=1S/C20H28N2O3/c1-15-3-2-4-16(13-15)14-19(23)21-9-10-22(20(24)17-5-6-17)18-7-11-25-12-8-18/h2-4,13,17-18H,5-12,14H2,1H3,(H,21,23). The maximum absolute atomic E-state index is 12.6. The van der Waals surface area contributed by atoms with E-state index in [-0.39, 0.29) is 23.8 Å². The Labute approximate surface area is 149 Å². The number of hydrogen-bond donors (Lipinski definition) is 1. The van der Waals surface area contributed by atoms with Gasteiger partial charge in [0.2, 0.25) is 11.8 Å². The lowest BCUT2D eigenvalue weighted by molar-refractivity contribution is -0.137. The third-order valence-electron chi connectivity index (χ3n) is 4.96. The molecule has 1 aromatic carbocycles. The minimum atomic E-state index is 0.0106. The number of carbonyl (C=O) groups excluding carboxylic acids is 2. The number of aryl methyl sites for hydroxylation is 1. The van der Waals surface area contributed by atoms with Gasteiger partial charge in [-0.15, -0.1) is 0 Å². The number of hydrogen-bond acceptors (Lipinski definition) is 3. The topological polar surface area (TPSA) is 58.6 Å². The first kappa shape index (κ1) is 17.9. The summed E-state index contributed by atoms with van der Waals surface area (Å²) in [7, 11) is 0.